The summed E-state index contributed by atoms with van der Waals surface area (Å²) in [6.07, 6.45) is 0. The van der Waals surface area contributed by atoms with Gasteiger partial charge in [0.05, 0.1) is 25.1 Å². The van der Waals surface area contributed by atoms with Gasteiger partial charge in [-0.1, -0.05) is 52.9 Å². The van der Waals surface area contributed by atoms with E-state index in [0.717, 1.165) is 10.6 Å². The third kappa shape index (κ3) is 6.03. The molecule has 0 bridgehead atoms. The molecule has 4 aromatic rings. The van der Waals surface area contributed by atoms with Crippen molar-refractivity contribution in [2.75, 3.05) is 18.2 Å². The number of nitrogens with one attached hydrogen (secondary N) is 2. The molecule has 0 aliphatic carbocycles. The smallest absolute Gasteiger partial charge is 0.251 e. The van der Waals surface area contributed by atoms with Crippen LogP contribution in [0.3, 0.4) is 0 Å². The Balaban J connectivity index is 1.54. The lowest BCUT2D eigenvalue weighted by molar-refractivity contribution is -0.113. The molecule has 0 radical (unpaired) electrons. The summed E-state index contributed by atoms with van der Waals surface area (Å²) < 4.78 is 7.31. The molecule has 0 aliphatic heterocycles. The second-order valence-corrected chi connectivity index (χ2v) is 9.55. The van der Waals surface area contributed by atoms with Crippen LogP contribution in [-0.2, 0) is 11.3 Å². The Morgan fingerprint density at radius 2 is 1.89 bits per heavy atom. The zero-order chi connectivity index (χ0) is 24.8. The molecule has 0 unspecified atom stereocenters. The van der Waals surface area contributed by atoms with E-state index < -0.39 is 0 Å². The van der Waals surface area contributed by atoms with Crippen LogP contribution in [0.4, 0.5) is 5.13 Å². The van der Waals surface area contributed by atoms with Gasteiger partial charge < -0.3 is 10.1 Å². The van der Waals surface area contributed by atoms with Crippen molar-refractivity contribution in [2.45, 2.75) is 25.5 Å². The molecule has 35 heavy (non-hydrogen) atoms. The Morgan fingerprint density at radius 1 is 1.06 bits per heavy atom. The molecule has 4 rings (SSSR count). The van der Waals surface area contributed by atoms with Gasteiger partial charge >= 0.3 is 0 Å². The minimum Gasteiger partial charge on any atom is -0.495 e. The third-order valence-electron chi connectivity index (χ3n) is 4.82. The average Bonchev–Trinajstić information content (AvgIpc) is 3.46. The minimum atomic E-state index is -0.241. The van der Waals surface area contributed by atoms with Crippen LogP contribution in [0.5, 0.6) is 5.75 Å². The van der Waals surface area contributed by atoms with Crippen LogP contribution < -0.4 is 15.4 Å². The molecular weight excluding hydrogens is 486 g/mol. The number of carbonyl (C=O) groups excluding carboxylic acids is 2. The molecule has 2 heterocycles. The maximum Gasteiger partial charge on any atom is 0.251 e. The highest BCUT2D eigenvalue weighted by Crippen LogP contribution is 2.29. The van der Waals surface area contributed by atoms with E-state index in [9.17, 15) is 9.59 Å². The second kappa shape index (κ2) is 11.1. The molecule has 10 nitrogen and oxygen atoms in total. The minimum absolute atomic E-state index is 0.0849. The van der Waals surface area contributed by atoms with Crippen molar-refractivity contribution in [2.24, 2.45) is 0 Å². The van der Waals surface area contributed by atoms with E-state index in [1.807, 2.05) is 56.3 Å². The van der Waals surface area contributed by atoms with Gasteiger partial charge in [0.2, 0.25) is 11.0 Å². The second-order valence-electron chi connectivity index (χ2n) is 7.42. The molecule has 0 aliphatic rings. The van der Waals surface area contributed by atoms with Crippen LogP contribution in [0.15, 0.2) is 53.7 Å². The van der Waals surface area contributed by atoms with Crippen LogP contribution >= 0.6 is 23.1 Å². The molecule has 180 valence electrons. The van der Waals surface area contributed by atoms with Crippen LogP contribution in [0.25, 0.3) is 5.69 Å². The van der Waals surface area contributed by atoms with Gasteiger partial charge in [0.25, 0.3) is 5.91 Å². The zero-order valence-corrected chi connectivity index (χ0v) is 20.9. The number of para-hydroxylation sites is 2. The van der Waals surface area contributed by atoms with Gasteiger partial charge in [-0.05, 0) is 38.1 Å². The molecule has 2 amide bonds. The highest BCUT2D eigenvalue weighted by molar-refractivity contribution is 7.99. The summed E-state index contributed by atoms with van der Waals surface area (Å²) in [6.45, 7) is 3.88. The Kier molecular flexibility index (Phi) is 7.73. The first-order valence-corrected chi connectivity index (χ1v) is 12.4. The standard InChI is InChI=1S/C23H23N7O3S2/c1-14-7-6-8-16(11-14)21(32)24-12-19-27-29-23(30(19)17-9-4-5-10-18(17)33-3)34-13-20(31)25-22-28-26-15(2)35-22/h4-11H,12-13H2,1-3H3,(H,24,32)(H,25,28,31). The van der Waals surface area contributed by atoms with E-state index >= 15 is 0 Å². The lowest BCUT2D eigenvalue weighted by Crippen LogP contribution is -2.24. The number of aryl methyl sites for hydroxylation is 2. The van der Waals surface area contributed by atoms with Gasteiger partial charge in [-0.2, -0.15) is 0 Å². The van der Waals surface area contributed by atoms with Crippen LogP contribution in [0.1, 0.15) is 26.8 Å². The van der Waals surface area contributed by atoms with E-state index in [-0.39, 0.29) is 24.1 Å². The van der Waals surface area contributed by atoms with Gasteiger partial charge in [-0.25, -0.2) is 0 Å². The molecule has 2 aromatic heterocycles. The summed E-state index contributed by atoms with van der Waals surface area (Å²) in [5.74, 6) is 0.730. The Bertz CT molecular complexity index is 1350. The number of methoxy groups -OCH3 is 1. The van der Waals surface area contributed by atoms with Gasteiger partial charge in [0.1, 0.15) is 10.8 Å². The summed E-state index contributed by atoms with van der Waals surface area (Å²) in [4.78, 5) is 25.1. The van der Waals surface area contributed by atoms with E-state index in [1.165, 1.54) is 23.1 Å². The number of anilines is 1. The van der Waals surface area contributed by atoms with Crippen molar-refractivity contribution in [3.05, 3.63) is 70.5 Å². The molecule has 0 saturated carbocycles. The lowest BCUT2D eigenvalue weighted by atomic mass is 10.1. The van der Waals surface area contributed by atoms with Gasteiger partial charge in [-0.3, -0.25) is 19.5 Å². The molecule has 2 aromatic carbocycles. The maximum atomic E-state index is 12.7. The molecule has 2 N–H and O–H groups in total. The van der Waals surface area contributed by atoms with Gasteiger partial charge in [0, 0.05) is 5.56 Å². The monoisotopic (exact) mass is 509 g/mol. The molecule has 0 spiro atoms. The number of nitrogens with zero attached hydrogens (tertiary/aromatic N) is 5. The van der Waals surface area contributed by atoms with E-state index in [2.05, 4.69) is 31.0 Å². The predicted molar refractivity (Wildman–Crippen MR) is 134 cm³/mol. The van der Waals surface area contributed by atoms with Gasteiger partial charge in [0.15, 0.2) is 11.0 Å². The zero-order valence-electron chi connectivity index (χ0n) is 19.3. The number of amides is 2. The van der Waals surface area contributed by atoms with E-state index in [4.69, 9.17) is 4.74 Å². The maximum absolute atomic E-state index is 12.7. The molecule has 0 fully saturated rings. The normalized spacial score (nSPS) is 10.7. The first kappa shape index (κ1) is 24.4. The van der Waals surface area contributed by atoms with Crippen molar-refractivity contribution in [3.8, 4) is 11.4 Å². The third-order valence-corrected chi connectivity index (χ3v) is 6.50. The van der Waals surface area contributed by atoms with Crippen molar-refractivity contribution in [3.63, 3.8) is 0 Å². The van der Waals surface area contributed by atoms with Crippen LogP contribution in [-0.4, -0.2) is 49.6 Å². The van der Waals surface area contributed by atoms with E-state index in [1.54, 1.807) is 17.7 Å². The van der Waals surface area contributed by atoms with E-state index in [0.29, 0.717) is 33.1 Å². The number of aromatic nitrogens is 5. The number of rotatable bonds is 9. The highest BCUT2D eigenvalue weighted by Gasteiger charge is 2.19. The lowest BCUT2D eigenvalue weighted by Gasteiger charge is -2.14. The van der Waals surface area contributed by atoms with Crippen LogP contribution in [0, 0.1) is 13.8 Å². The highest BCUT2D eigenvalue weighted by atomic mass is 32.2. The largest absolute Gasteiger partial charge is 0.495 e. The number of thioether (sulfide) groups is 1. The fourth-order valence-electron chi connectivity index (χ4n) is 3.24. The quantitative estimate of drug-likeness (QED) is 0.329. The number of hydrogen-bond acceptors (Lipinski definition) is 9. The molecule has 0 atom stereocenters. The Hall–Kier alpha value is -3.77. The fraction of sp³-hybridized carbons (Fsp3) is 0.217. The number of hydrogen-bond donors (Lipinski definition) is 2. The molecular formula is C23H23N7O3S2. The molecule has 12 heteroatoms. The van der Waals surface area contributed by atoms with Crippen molar-refractivity contribution < 1.29 is 14.3 Å². The number of carbonyl (C=O) groups is 2. The summed E-state index contributed by atoms with van der Waals surface area (Å²) in [6, 6.07) is 14.8. The van der Waals surface area contributed by atoms with Crippen molar-refractivity contribution >= 4 is 40.0 Å². The Labute approximate surface area is 210 Å². The summed E-state index contributed by atoms with van der Waals surface area (Å²) in [7, 11) is 1.58. The first-order chi connectivity index (χ1) is 16.9. The van der Waals surface area contributed by atoms with Gasteiger partial charge in [-0.15, -0.1) is 20.4 Å². The summed E-state index contributed by atoms with van der Waals surface area (Å²) in [5, 5.41) is 23.7. The topological polar surface area (TPSA) is 124 Å². The summed E-state index contributed by atoms with van der Waals surface area (Å²) in [5.41, 5.74) is 2.25. The SMILES string of the molecule is COc1ccccc1-n1c(CNC(=O)c2cccc(C)c2)nnc1SCC(=O)Nc1nnc(C)s1. The fourth-order valence-corrected chi connectivity index (χ4v) is 4.62. The summed E-state index contributed by atoms with van der Waals surface area (Å²) >= 11 is 2.52. The number of benzene rings is 2. The molecule has 0 saturated heterocycles. The average molecular weight is 510 g/mol. The predicted octanol–water partition coefficient (Wildman–Crippen LogP) is 3.41. The Morgan fingerprint density at radius 3 is 2.63 bits per heavy atom. The number of ether oxygens (including phenoxy) is 1. The van der Waals surface area contributed by atoms with Crippen molar-refractivity contribution in [1.82, 2.24) is 30.3 Å². The van der Waals surface area contributed by atoms with Crippen molar-refractivity contribution in [1.29, 1.82) is 0 Å². The van der Waals surface area contributed by atoms with Crippen LogP contribution in [0.2, 0.25) is 0 Å². The first-order valence-electron chi connectivity index (χ1n) is 10.6.